The molecule has 0 heterocycles. The van der Waals surface area contributed by atoms with Crippen LogP contribution in [0.25, 0.3) is 0 Å². The van der Waals surface area contributed by atoms with Crippen molar-refractivity contribution in [3.05, 3.63) is 35.4 Å². The Labute approximate surface area is 135 Å². The molecule has 0 aliphatic carbocycles. The maximum atomic E-state index is 12.7. The van der Waals surface area contributed by atoms with Crippen molar-refractivity contribution in [3.63, 3.8) is 0 Å². The Morgan fingerprint density at radius 3 is 2.39 bits per heavy atom. The summed E-state index contributed by atoms with van der Waals surface area (Å²) in [7, 11) is 0. The van der Waals surface area contributed by atoms with Crippen LogP contribution in [-0.4, -0.2) is 18.0 Å². The van der Waals surface area contributed by atoms with Crippen LogP contribution in [-0.2, 0) is 17.4 Å². The predicted molar refractivity (Wildman–Crippen MR) is 84.8 cm³/mol. The minimum atomic E-state index is -4.37. The third-order valence-electron chi connectivity index (χ3n) is 4.27. The maximum absolute atomic E-state index is 12.7. The third kappa shape index (κ3) is 5.86. The SMILES string of the molecule is CCC(N)(CC)CNC(=O)C(C)Cc1cccc(C(F)(F)F)c1. The van der Waals surface area contributed by atoms with E-state index in [4.69, 9.17) is 5.73 Å². The second kappa shape index (κ2) is 7.81. The average Bonchev–Trinajstić information content (AvgIpc) is 2.51. The second-order valence-electron chi connectivity index (χ2n) is 6.09. The molecule has 0 bridgehead atoms. The average molecular weight is 330 g/mol. The molecule has 0 aliphatic rings. The van der Waals surface area contributed by atoms with Gasteiger partial charge in [0, 0.05) is 18.0 Å². The number of amides is 1. The third-order valence-corrected chi connectivity index (χ3v) is 4.27. The fraction of sp³-hybridized carbons (Fsp3) is 0.588. The minimum Gasteiger partial charge on any atom is -0.354 e. The van der Waals surface area contributed by atoms with Gasteiger partial charge in [-0.2, -0.15) is 13.2 Å². The molecule has 1 aromatic rings. The zero-order valence-electron chi connectivity index (χ0n) is 13.8. The van der Waals surface area contributed by atoms with Crippen molar-refractivity contribution < 1.29 is 18.0 Å². The van der Waals surface area contributed by atoms with Crippen molar-refractivity contribution in [2.45, 2.75) is 51.7 Å². The molecule has 1 aromatic carbocycles. The summed E-state index contributed by atoms with van der Waals surface area (Å²) in [6.07, 6.45) is -2.63. The lowest BCUT2D eigenvalue weighted by molar-refractivity contribution is -0.137. The first-order valence-electron chi connectivity index (χ1n) is 7.84. The van der Waals surface area contributed by atoms with Crippen LogP contribution >= 0.6 is 0 Å². The molecular formula is C17H25F3N2O. The molecule has 0 saturated carbocycles. The van der Waals surface area contributed by atoms with Gasteiger partial charge in [-0.1, -0.05) is 39.0 Å². The molecule has 130 valence electrons. The van der Waals surface area contributed by atoms with E-state index in [1.165, 1.54) is 6.07 Å². The number of hydrogen-bond donors (Lipinski definition) is 2. The van der Waals surface area contributed by atoms with E-state index in [-0.39, 0.29) is 12.3 Å². The molecule has 1 rings (SSSR count). The normalized spacial score (nSPS) is 13.7. The van der Waals surface area contributed by atoms with Crippen LogP contribution in [0.5, 0.6) is 0 Å². The van der Waals surface area contributed by atoms with Gasteiger partial charge < -0.3 is 11.1 Å². The van der Waals surface area contributed by atoms with Gasteiger partial charge in [-0.25, -0.2) is 0 Å². The van der Waals surface area contributed by atoms with Crippen LogP contribution in [0, 0.1) is 5.92 Å². The highest BCUT2D eigenvalue weighted by Gasteiger charge is 2.30. The summed E-state index contributed by atoms with van der Waals surface area (Å²) in [5.41, 5.74) is 5.49. The van der Waals surface area contributed by atoms with Gasteiger partial charge in [-0.05, 0) is 30.9 Å². The van der Waals surface area contributed by atoms with E-state index in [9.17, 15) is 18.0 Å². The van der Waals surface area contributed by atoms with Crippen LogP contribution in [0.15, 0.2) is 24.3 Å². The van der Waals surface area contributed by atoms with Crippen LogP contribution in [0.3, 0.4) is 0 Å². The van der Waals surface area contributed by atoms with Gasteiger partial charge in [0.15, 0.2) is 0 Å². The zero-order chi connectivity index (χ0) is 17.7. The smallest absolute Gasteiger partial charge is 0.354 e. The Morgan fingerprint density at radius 2 is 1.87 bits per heavy atom. The summed E-state index contributed by atoms with van der Waals surface area (Å²) in [5.74, 6) is -0.615. The lowest BCUT2D eigenvalue weighted by Crippen LogP contribution is -2.50. The molecule has 1 unspecified atom stereocenters. The minimum absolute atomic E-state index is 0.195. The molecule has 3 nitrogen and oxygen atoms in total. The van der Waals surface area contributed by atoms with E-state index in [2.05, 4.69) is 5.32 Å². The van der Waals surface area contributed by atoms with Gasteiger partial charge in [0.1, 0.15) is 0 Å². The molecule has 0 saturated heterocycles. The number of carbonyl (C=O) groups is 1. The second-order valence-corrected chi connectivity index (χ2v) is 6.09. The Kier molecular flexibility index (Phi) is 6.62. The molecule has 1 amide bonds. The van der Waals surface area contributed by atoms with Crippen molar-refractivity contribution in [2.75, 3.05) is 6.54 Å². The van der Waals surface area contributed by atoms with E-state index in [0.717, 1.165) is 25.0 Å². The summed E-state index contributed by atoms with van der Waals surface area (Å²) in [5, 5.41) is 2.80. The lowest BCUT2D eigenvalue weighted by Gasteiger charge is -2.27. The Bertz CT molecular complexity index is 525. The van der Waals surface area contributed by atoms with Gasteiger partial charge in [0.25, 0.3) is 0 Å². The fourth-order valence-electron chi connectivity index (χ4n) is 2.26. The number of hydrogen-bond acceptors (Lipinski definition) is 2. The molecule has 0 aromatic heterocycles. The van der Waals surface area contributed by atoms with Crippen molar-refractivity contribution in [1.82, 2.24) is 5.32 Å². The van der Waals surface area contributed by atoms with Crippen LogP contribution < -0.4 is 11.1 Å². The van der Waals surface area contributed by atoms with Crippen molar-refractivity contribution in [1.29, 1.82) is 0 Å². The molecule has 23 heavy (non-hydrogen) atoms. The Morgan fingerprint density at radius 1 is 1.26 bits per heavy atom. The zero-order valence-corrected chi connectivity index (χ0v) is 13.8. The van der Waals surface area contributed by atoms with Crippen LogP contribution in [0.1, 0.15) is 44.7 Å². The molecule has 0 spiro atoms. The van der Waals surface area contributed by atoms with E-state index in [0.29, 0.717) is 12.1 Å². The highest BCUT2D eigenvalue weighted by molar-refractivity contribution is 5.78. The summed E-state index contributed by atoms with van der Waals surface area (Å²) in [4.78, 5) is 12.1. The maximum Gasteiger partial charge on any atom is 0.416 e. The number of nitrogens with one attached hydrogen (secondary N) is 1. The largest absolute Gasteiger partial charge is 0.416 e. The van der Waals surface area contributed by atoms with Crippen molar-refractivity contribution in [2.24, 2.45) is 11.7 Å². The number of nitrogens with two attached hydrogens (primary N) is 1. The van der Waals surface area contributed by atoms with Gasteiger partial charge in [-0.3, -0.25) is 4.79 Å². The van der Waals surface area contributed by atoms with Gasteiger partial charge in [0.2, 0.25) is 5.91 Å². The molecule has 6 heteroatoms. The summed E-state index contributed by atoms with van der Waals surface area (Å²) < 4.78 is 38.1. The van der Waals surface area contributed by atoms with Gasteiger partial charge >= 0.3 is 6.18 Å². The number of alkyl halides is 3. The molecule has 0 aliphatic heterocycles. The first-order valence-corrected chi connectivity index (χ1v) is 7.84. The first kappa shape index (κ1) is 19.5. The van der Waals surface area contributed by atoms with Crippen molar-refractivity contribution in [3.8, 4) is 0 Å². The summed E-state index contributed by atoms with van der Waals surface area (Å²) in [6.45, 7) is 5.99. The van der Waals surface area contributed by atoms with Crippen LogP contribution in [0.4, 0.5) is 13.2 Å². The van der Waals surface area contributed by atoms with E-state index < -0.39 is 23.2 Å². The Balaban J connectivity index is 2.65. The quantitative estimate of drug-likeness (QED) is 0.804. The highest BCUT2D eigenvalue weighted by atomic mass is 19.4. The number of rotatable bonds is 7. The van der Waals surface area contributed by atoms with E-state index in [1.807, 2.05) is 13.8 Å². The van der Waals surface area contributed by atoms with Gasteiger partial charge in [-0.15, -0.1) is 0 Å². The molecule has 1 atom stereocenters. The Hall–Kier alpha value is -1.56. The number of benzene rings is 1. The standard InChI is InChI=1S/C17H25F3N2O/c1-4-16(21,5-2)11-22-15(23)12(3)9-13-7-6-8-14(10-13)17(18,19)20/h6-8,10,12H,4-5,9,11,21H2,1-3H3,(H,22,23). The fourth-order valence-corrected chi connectivity index (χ4v) is 2.26. The van der Waals surface area contributed by atoms with E-state index in [1.54, 1.807) is 13.0 Å². The number of carbonyl (C=O) groups excluding carboxylic acids is 1. The number of halogens is 3. The monoisotopic (exact) mass is 330 g/mol. The summed E-state index contributed by atoms with van der Waals surface area (Å²) in [6, 6.07) is 5.08. The van der Waals surface area contributed by atoms with E-state index >= 15 is 0 Å². The highest BCUT2D eigenvalue weighted by Crippen LogP contribution is 2.30. The van der Waals surface area contributed by atoms with Crippen molar-refractivity contribution >= 4 is 5.91 Å². The predicted octanol–water partition coefficient (Wildman–Crippen LogP) is 3.52. The molecule has 3 N–H and O–H groups in total. The molecule has 0 radical (unpaired) electrons. The summed E-state index contributed by atoms with van der Waals surface area (Å²) >= 11 is 0. The molecular weight excluding hydrogens is 305 g/mol. The van der Waals surface area contributed by atoms with Crippen LogP contribution in [0.2, 0.25) is 0 Å². The lowest BCUT2D eigenvalue weighted by atomic mass is 9.93. The van der Waals surface area contributed by atoms with Gasteiger partial charge in [0.05, 0.1) is 5.56 Å². The topological polar surface area (TPSA) is 55.1 Å². The molecule has 0 fully saturated rings. The first-order chi connectivity index (χ1) is 10.6.